The number of ether oxygens (including phenoxy) is 1. The molecule has 2 aliphatic carbocycles. The highest BCUT2D eigenvalue weighted by atomic mass is 16.5. The summed E-state index contributed by atoms with van der Waals surface area (Å²) in [6.45, 7) is -0.427. The zero-order chi connectivity index (χ0) is 14.8. The topological polar surface area (TPSA) is 75.6 Å². The largest absolute Gasteiger partial charge is 0.480 e. The Labute approximate surface area is 122 Å². The molecule has 0 radical (unpaired) electrons. The van der Waals surface area contributed by atoms with Crippen LogP contribution in [-0.4, -0.2) is 23.6 Å². The van der Waals surface area contributed by atoms with E-state index in [-0.39, 0.29) is 11.8 Å². The van der Waals surface area contributed by atoms with E-state index in [4.69, 9.17) is 9.84 Å². The maximum Gasteiger partial charge on any atom is 0.341 e. The van der Waals surface area contributed by atoms with E-state index < -0.39 is 12.6 Å². The number of aliphatic carboxylic acids is 1. The van der Waals surface area contributed by atoms with Gasteiger partial charge in [-0.3, -0.25) is 4.79 Å². The number of hydrogen-bond donors (Lipinski definition) is 2. The van der Waals surface area contributed by atoms with Crippen LogP contribution in [0, 0.1) is 17.8 Å². The maximum atomic E-state index is 12.4. The molecule has 3 unspecified atom stereocenters. The van der Waals surface area contributed by atoms with E-state index in [0.29, 0.717) is 23.3 Å². The van der Waals surface area contributed by atoms with Crippen LogP contribution < -0.4 is 10.1 Å². The summed E-state index contributed by atoms with van der Waals surface area (Å²) < 4.78 is 5.20. The van der Waals surface area contributed by atoms with Crippen LogP contribution in [0.1, 0.15) is 12.8 Å². The molecule has 21 heavy (non-hydrogen) atoms. The van der Waals surface area contributed by atoms with Gasteiger partial charge < -0.3 is 15.2 Å². The van der Waals surface area contributed by atoms with Crippen LogP contribution >= 0.6 is 0 Å². The van der Waals surface area contributed by atoms with Crippen molar-refractivity contribution in [2.75, 3.05) is 11.9 Å². The number of para-hydroxylation sites is 2. The lowest BCUT2D eigenvalue weighted by molar-refractivity contribution is -0.139. The molecule has 2 N–H and O–H groups in total. The normalized spacial score (nSPS) is 25.8. The van der Waals surface area contributed by atoms with Gasteiger partial charge in [-0.1, -0.05) is 24.3 Å². The summed E-state index contributed by atoms with van der Waals surface area (Å²) in [5.41, 5.74) is 0.524. The summed E-state index contributed by atoms with van der Waals surface area (Å²) in [7, 11) is 0. The van der Waals surface area contributed by atoms with Gasteiger partial charge in [0.05, 0.1) is 5.69 Å². The highest BCUT2D eigenvalue weighted by molar-refractivity contribution is 5.94. The first-order valence-corrected chi connectivity index (χ1v) is 7.06. The Kier molecular flexibility index (Phi) is 3.64. The monoisotopic (exact) mass is 287 g/mol. The Balaban J connectivity index is 1.68. The summed E-state index contributed by atoms with van der Waals surface area (Å²) in [6.07, 6.45) is 6.28. The molecule has 3 rings (SSSR count). The van der Waals surface area contributed by atoms with Crippen molar-refractivity contribution in [3.63, 3.8) is 0 Å². The minimum Gasteiger partial charge on any atom is -0.480 e. The number of nitrogens with one attached hydrogen (secondary N) is 1. The van der Waals surface area contributed by atoms with Gasteiger partial charge in [0.15, 0.2) is 6.61 Å². The molecule has 0 aliphatic heterocycles. The highest BCUT2D eigenvalue weighted by Gasteiger charge is 2.39. The van der Waals surface area contributed by atoms with Crippen molar-refractivity contribution in [3.05, 3.63) is 36.4 Å². The molecule has 1 saturated carbocycles. The molecule has 1 fully saturated rings. The van der Waals surface area contributed by atoms with Gasteiger partial charge in [0, 0.05) is 5.92 Å². The van der Waals surface area contributed by atoms with E-state index in [1.807, 2.05) is 0 Å². The van der Waals surface area contributed by atoms with Gasteiger partial charge in [0.2, 0.25) is 5.91 Å². The summed E-state index contributed by atoms with van der Waals surface area (Å²) in [5, 5.41) is 11.5. The molecule has 110 valence electrons. The van der Waals surface area contributed by atoms with Crippen molar-refractivity contribution in [2.45, 2.75) is 12.8 Å². The second-order valence-corrected chi connectivity index (χ2v) is 5.55. The van der Waals surface area contributed by atoms with Crippen molar-refractivity contribution in [2.24, 2.45) is 17.8 Å². The molecule has 2 bridgehead atoms. The van der Waals surface area contributed by atoms with Gasteiger partial charge in [-0.05, 0) is 36.8 Å². The number of fused-ring (bicyclic) bond motifs is 2. The average molecular weight is 287 g/mol. The number of allylic oxidation sites excluding steroid dienone is 2. The van der Waals surface area contributed by atoms with E-state index in [2.05, 4.69) is 17.5 Å². The zero-order valence-electron chi connectivity index (χ0n) is 11.5. The number of carboxylic acids is 1. The smallest absolute Gasteiger partial charge is 0.341 e. The SMILES string of the molecule is O=C(O)COc1ccccc1NC(=O)C1CC2C=CC1C2. The lowest BCUT2D eigenvalue weighted by Gasteiger charge is -2.18. The van der Waals surface area contributed by atoms with Crippen molar-refractivity contribution >= 4 is 17.6 Å². The van der Waals surface area contributed by atoms with E-state index in [0.717, 1.165) is 12.8 Å². The molecule has 0 heterocycles. The number of rotatable bonds is 5. The Morgan fingerprint density at radius 2 is 2.05 bits per heavy atom. The minimum absolute atomic E-state index is 0.00697. The van der Waals surface area contributed by atoms with Crippen LogP contribution in [0.5, 0.6) is 5.75 Å². The van der Waals surface area contributed by atoms with E-state index in [1.165, 1.54) is 0 Å². The van der Waals surface area contributed by atoms with Crippen molar-refractivity contribution in [1.29, 1.82) is 0 Å². The second kappa shape index (κ2) is 5.60. The third-order valence-electron chi connectivity index (χ3n) is 4.11. The average Bonchev–Trinajstić information content (AvgIpc) is 3.09. The fourth-order valence-corrected chi connectivity index (χ4v) is 3.14. The molecule has 0 saturated heterocycles. The highest BCUT2D eigenvalue weighted by Crippen LogP contribution is 2.44. The number of amides is 1. The van der Waals surface area contributed by atoms with Crippen molar-refractivity contribution in [1.82, 2.24) is 0 Å². The number of anilines is 1. The van der Waals surface area contributed by atoms with E-state index in [9.17, 15) is 9.59 Å². The third-order valence-corrected chi connectivity index (χ3v) is 4.11. The first kappa shape index (κ1) is 13.7. The van der Waals surface area contributed by atoms with Crippen LogP contribution in [0.15, 0.2) is 36.4 Å². The van der Waals surface area contributed by atoms with Gasteiger partial charge in [-0.25, -0.2) is 4.79 Å². The molecule has 0 aromatic heterocycles. The lowest BCUT2D eigenvalue weighted by atomic mass is 9.93. The molecule has 5 nitrogen and oxygen atoms in total. The standard InChI is InChI=1S/C16H17NO4/c18-15(19)9-21-14-4-2-1-3-13(14)17-16(20)12-8-10-5-6-11(12)7-10/h1-6,10-12H,7-9H2,(H,17,20)(H,18,19). The second-order valence-electron chi connectivity index (χ2n) is 5.55. The van der Waals surface area contributed by atoms with Crippen LogP contribution in [0.4, 0.5) is 5.69 Å². The van der Waals surface area contributed by atoms with Crippen LogP contribution in [0.25, 0.3) is 0 Å². The van der Waals surface area contributed by atoms with Crippen LogP contribution in [0.3, 0.4) is 0 Å². The fourth-order valence-electron chi connectivity index (χ4n) is 3.14. The predicted octanol–water partition coefficient (Wildman–Crippen LogP) is 2.30. The van der Waals surface area contributed by atoms with Gasteiger partial charge in [0.1, 0.15) is 5.75 Å². The number of carbonyl (C=O) groups excluding carboxylic acids is 1. The zero-order valence-corrected chi connectivity index (χ0v) is 11.5. The molecule has 2 aliphatic rings. The first-order chi connectivity index (χ1) is 10.1. The summed E-state index contributed by atoms with van der Waals surface area (Å²) in [6, 6.07) is 6.90. The van der Waals surface area contributed by atoms with Crippen LogP contribution in [-0.2, 0) is 9.59 Å². The molecule has 0 spiro atoms. The van der Waals surface area contributed by atoms with Gasteiger partial charge >= 0.3 is 5.97 Å². The predicted molar refractivity (Wildman–Crippen MR) is 77.0 cm³/mol. The summed E-state index contributed by atoms with van der Waals surface area (Å²) in [5.74, 6) is 0.193. The minimum atomic E-state index is -1.05. The Morgan fingerprint density at radius 1 is 1.24 bits per heavy atom. The molecular formula is C16H17NO4. The Hall–Kier alpha value is -2.30. The summed E-state index contributed by atoms with van der Waals surface area (Å²) >= 11 is 0. The van der Waals surface area contributed by atoms with E-state index in [1.54, 1.807) is 24.3 Å². The summed E-state index contributed by atoms with van der Waals surface area (Å²) in [4.78, 5) is 23.0. The van der Waals surface area contributed by atoms with Gasteiger partial charge in [0.25, 0.3) is 0 Å². The number of benzene rings is 1. The Bertz CT molecular complexity index is 596. The lowest BCUT2D eigenvalue weighted by Crippen LogP contribution is -2.26. The van der Waals surface area contributed by atoms with Gasteiger partial charge in [-0.15, -0.1) is 0 Å². The van der Waals surface area contributed by atoms with Crippen LogP contribution in [0.2, 0.25) is 0 Å². The quantitative estimate of drug-likeness (QED) is 0.815. The number of carbonyl (C=O) groups is 2. The number of carboxylic acid groups (broad SMARTS) is 1. The van der Waals surface area contributed by atoms with Crippen molar-refractivity contribution < 1.29 is 19.4 Å². The van der Waals surface area contributed by atoms with E-state index >= 15 is 0 Å². The van der Waals surface area contributed by atoms with Gasteiger partial charge in [-0.2, -0.15) is 0 Å². The molecule has 1 aromatic carbocycles. The van der Waals surface area contributed by atoms with Crippen molar-refractivity contribution in [3.8, 4) is 5.75 Å². The Morgan fingerprint density at radius 3 is 2.71 bits per heavy atom. The maximum absolute atomic E-state index is 12.4. The molecule has 5 heteroatoms. The first-order valence-electron chi connectivity index (χ1n) is 7.06. The number of hydrogen-bond acceptors (Lipinski definition) is 3. The molecular weight excluding hydrogens is 270 g/mol. The molecule has 3 atom stereocenters. The molecule has 1 aromatic rings. The molecule has 1 amide bonds. The fraction of sp³-hybridized carbons (Fsp3) is 0.375. The third kappa shape index (κ3) is 2.91.